The van der Waals surface area contributed by atoms with Gasteiger partial charge in [0.1, 0.15) is 0 Å². The molecule has 0 saturated heterocycles. The van der Waals surface area contributed by atoms with Crippen molar-refractivity contribution in [3.05, 3.63) is 56.3 Å². The summed E-state index contributed by atoms with van der Waals surface area (Å²) < 4.78 is 2.03. The third kappa shape index (κ3) is 3.66. The number of fused-ring (bicyclic) bond motifs is 1. The number of nitrogens with one attached hydrogen (secondary N) is 2. The summed E-state index contributed by atoms with van der Waals surface area (Å²) in [7, 11) is 0. The normalized spacial score (nSPS) is 17.2. The van der Waals surface area contributed by atoms with E-state index in [-0.39, 0.29) is 24.1 Å². The van der Waals surface area contributed by atoms with Gasteiger partial charge in [-0.25, -0.2) is 9.67 Å². The van der Waals surface area contributed by atoms with Crippen LogP contribution in [0.5, 0.6) is 0 Å². The summed E-state index contributed by atoms with van der Waals surface area (Å²) in [5.41, 5.74) is 5.35. The molecule has 2 saturated carbocycles. The number of nitrogens with zero attached hydrogens (tertiary/aromatic N) is 3. The van der Waals surface area contributed by atoms with Crippen LogP contribution in [0.3, 0.4) is 0 Å². The predicted octanol–water partition coefficient (Wildman–Crippen LogP) is 3.82. The van der Waals surface area contributed by atoms with E-state index in [0.29, 0.717) is 23.0 Å². The first-order valence-corrected chi connectivity index (χ1v) is 11.2. The van der Waals surface area contributed by atoms with E-state index in [0.717, 1.165) is 46.5 Å². The minimum Gasteiger partial charge on any atom is -0.348 e. The fourth-order valence-electron chi connectivity index (χ4n) is 4.53. The van der Waals surface area contributed by atoms with Crippen LogP contribution in [0.1, 0.15) is 83.1 Å². The van der Waals surface area contributed by atoms with Gasteiger partial charge in [0.25, 0.3) is 11.5 Å². The van der Waals surface area contributed by atoms with Crippen molar-refractivity contribution in [1.29, 1.82) is 0 Å². The minimum absolute atomic E-state index is 0.154. The fraction of sp³-hybridized carbons (Fsp3) is 0.500. The van der Waals surface area contributed by atoms with Crippen molar-refractivity contribution in [3.8, 4) is 0 Å². The van der Waals surface area contributed by atoms with E-state index >= 15 is 0 Å². The molecule has 0 bridgehead atoms. The van der Waals surface area contributed by atoms with Gasteiger partial charge >= 0.3 is 0 Å². The smallest absolute Gasteiger partial charge is 0.253 e. The molecule has 0 aliphatic heterocycles. The third-order valence-electron chi connectivity index (χ3n) is 6.71. The largest absolute Gasteiger partial charge is 0.348 e. The van der Waals surface area contributed by atoms with E-state index in [4.69, 9.17) is 10.1 Å². The number of rotatable bonds is 6. The molecule has 3 aromatic rings. The van der Waals surface area contributed by atoms with Crippen LogP contribution in [-0.4, -0.2) is 25.7 Å². The Labute approximate surface area is 181 Å². The van der Waals surface area contributed by atoms with Gasteiger partial charge in [0.05, 0.1) is 22.7 Å². The number of aromatic amines is 1. The molecule has 2 aliphatic rings. The SMILES string of the molecule is Cc1cc(C)c(CNC(=O)c2cc(C3CC3)nc3c2c(C)nn3C(C)C2CC2)c(=O)[nH]1. The monoisotopic (exact) mass is 419 g/mol. The van der Waals surface area contributed by atoms with Gasteiger partial charge in [0, 0.05) is 29.4 Å². The van der Waals surface area contributed by atoms with E-state index in [2.05, 4.69) is 17.2 Å². The molecule has 0 aromatic carbocycles. The lowest BCUT2D eigenvalue weighted by molar-refractivity contribution is 0.0952. The zero-order chi connectivity index (χ0) is 21.9. The Bertz CT molecular complexity index is 1250. The molecule has 0 radical (unpaired) electrons. The van der Waals surface area contributed by atoms with Crippen LogP contribution in [0, 0.1) is 26.7 Å². The number of amides is 1. The highest BCUT2D eigenvalue weighted by Crippen LogP contribution is 2.43. The zero-order valence-corrected chi connectivity index (χ0v) is 18.6. The molecular formula is C24H29N5O2. The van der Waals surface area contributed by atoms with Crippen molar-refractivity contribution in [3.63, 3.8) is 0 Å². The number of carbonyl (C=O) groups excluding carboxylic acids is 1. The summed E-state index contributed by atoms with van der Waals surface area (Å²) >= 11 is 0. The van der Waals surface area contributed by atoms with Gasteiger partial charge in [-0.05, 0) is 77.0 Å². The number of aromatic nitrogens is 4. The Morgan fingerprint density at radius 2 is 1.97 bits per heavy atom. The molecule has 2 N–H and O–H groups in total. The quantitative estimate of drug-likeness (QED) is 0.635. The lowest BCUT2D eigenvalue weighted by Crippen LogP contribution is -2.28. The molecule has 5 rings (SSSR count). The van der Waals surface area contributed by atoms with Crippen molar-refractivity contribution >= 4 is 16.9 Å². The summed E-state index contributed by atoms with van der Waals surface area (Å²) in [6.45, 7) is 8.08. The molecule has 2 fully saturated rings. The molecule has 7 heteroatoms. The van der Waals surface area contributed by atoms with Crippen LogP contribution in [0.25, 0.3) is 11.0 Å². The summed E-state index contributed by atoms with van der Waals surface area (Å²) in [5, 5.41) is 8.59. The second kappa shape index (κ2) is 7.32. The van der Waals surface area contributed by atoms with Crippen molar-refractivity contribution in [2.45, 2.75) is 71.9 Å². The van der Waals surface area contributed by atoms with Gasteiger partial charge in [-0.15, -0.1) is 0 Å². The molecule has 1 atom stereocenters. The van der Waals surface area contributed by atoms with Gasteiger partial charge in [0.2, 0.25) is 0 Å². The molecule has 0 spiro atoms. The van der Waals surface area contributed by atoms with E-state index in [9.17, 15) is 9.59 Å². The number of pyridine rings is 2. The van der Waals surface area contributed by atoms with E-state index in [1.165, 1.54) is 12.8 Å². The Morgan fingerprint density at radius 1 is 1.23 bits per heavy atom. The van der Waals surface area contributed by atoms with Crippen LogP contribution < -0.4 is 10.9 Å². The highest BCUT2D eigenvalue weighted by Gasteiger charge is 2.33. The van der Waals surface area contributed by atoms with Crippen LogP contribution >= 0.6 is 0 Å². The van der Waals surface area contributed by atoms with Gasteiger partial charge in [-0.1, -0.05) is 0 Å². The molecule has 31 heavy (non-hydrogen) atoms. The zero-order valence-electron chi connectivity index (χ0n) is 18.6. The number of hydrogen-bond donors (Lipinski definition) is 2. The number of hydrogen-bond acceptors (Lipinski definition) is 4. The molecule has 1 unspecified atom stereocenters. The Kier molecular flexibility index (Phi) is 4.72. The summed E-state index contributed by atoms with van der Waals surface area (Å²) in [5.74, 6) is 0.885. The molecule has 3 aromatic heterocycles. The minimum atomic E-state index is -0.185. The first-order valence-electron chi connectivity index (χ1n) is 11.2. The Hall–Kier alpha value is -2.96. The maximum atomic E-state index is 13.3. The second-order valence-electron chi connectivity index (χ2n) is 9.30. The van der Waals surface area contributed by atoms with E-state index in [1.54, 1.807) is 0 Å². The maximum absolute atomic E-state index is 13.3. The van der Waals surface area contributed by atoms with Crippen LogP contribution in [0.2, 0.25) is 0 Å². The maximum Gasteiger partial charge on any atom is 0.253 e. The lowest BCUT2D eigenvalue weighted by Gasteiger charge is -2.13. The average molecular weight is 420 g/mol. The highest BCUT2D eigenvalue weighted by molar-refractivity contribution is 6.06. The highest BCUT2D eigenvalue weighted by atomic mass is 16.1. The van der Waals surface area contributed by atoms with Crippen LogP contribution in [0.4, 0.5) is 0 Å². The first kappa shape index (κ1) is 20.0. The molecular weight excluding hydrogens is 390 g/mol. The Morgan fingerprint density at radius 3 is 2.61 bits per heavy atom. The standard InChI is InChI=1S/C24H29N5O2/c1-12-9-13(2)26-24(31)19(12)11-25-23(30)18-10-20(17-7-8-17)27-22-21(18)14(3)28-29(22)15(4)16-5-6-16/h9-10,15-17H,5-8,11H2,1-4H3,(H,25,30)(H,26,31). The topological polar surface area (TPSA) is 92.7 Å². The molecule has 1 amide bonds. The number of aryl methyl sites for hydroxylation is 3. The average Bonchev–Trinajstić information content (AvgIpc) is 3.62. The Balaban J connectivity index is 1.52. The van der Waals surface area contributed by atoms with Gasteiger partial charge in [-0.2, -0.15) is 5.10 Å². The van der Waals surface area contributed by atoms with Gasteiger partial charge in [-0.3, -0.25) is 9.59 Å². The predicted molar refractivity (Wildman–Crippen MR) is 119 cm³/mol. The summed E-state index contributed by atoms with van der Waals surface area (Å²) in [6, 6.07) is 4.14. The van der Waals surface area contributed by atoms with Crippen molar-refractivity contribution in [2.75, 3.05) is 0 Å². The molecule has 2 aliphatic carbocycles. The van der Waals surface area contributed by atoms with Gasteiger partial charge < -0.3 is 10.3 Å². The lowest BCUT2D eigenvalue weighted by atomic mass is 10.1. The molecule has 3 heterocycles. The summed E-state index contributed by atoms with van der Waals surface area (Å²) in [4.78, 5) is 33.4. The number of carbonyl (C=O) groups is 1. The van der Waals surface area contributed by atoms with Crippen molar-refractivity contribution in [2.24, 2.45) is 5.92 Å². The summed E-state index contributed by atoms with van der Waals surface area (Å²) in [6.07, 6.45) is 4.68. The third-order valence-corrected chi connectivity index (χ3v) is 6.71. The van der Waals surface area contributed by atoms with Crippen molar-refractivity contribution in [1.82, 2.24) is 25.1 Å². The van der Waals surface area contributed by atoms with Crippen LogP contribution in [0.15, 0.2) is 16.9 Å². The van der Waals surface area contributed by atoms with Gasteiger partial charge in [0.15, 0.2) is 5.65 Å². The van der Waals surface area contributed by atoms with Crippen molar-refractivity contribution < 1.29 is 4.79 Å². The fourth-order valence-corrected chi connectivity index (χ4v) is 4.53. The molecule has 7 nitrogen and oxygen atoms in total. The van der Waals surface area contributed by atoms with E-state index < -0.39 is 0 Å². The van der Waals surface area contributed by atoms with Crippen LogP contribution in [-0.2, 0) is 6.54 Å². The number of H-pyrrole nitrogens is 1. The second-order valence-corrected chi connectivity index (χ2v) is 9.30. The van der Waals surface area contributed by atoms with E-state index in [1.807, 2.05) is 37.6 Å². The molecule has 162 valence electrons. The first-order chi connectivity index (χ1) is 14.8.